The molecule has 1 aromatic carbocycles. The molecule has 1 N–H and O–H groups in total. The molecule has 0 atom stereocenters. The number of aliphatic hydroxyl groups is 1. The van der Waals surface area contributed by atoms with Crippen LogP contribution in [0.25, 0.3) is 0 Å². The summed E-state index contributed by atoms with van der Waals surface area (Å²) in [6.07, 6.45) is 4.84. The highest BCUT2D eigenvalue weighted by Crippen LogP contribution is 2.12. The molecule has 89 valence electrons. The molecule has 0 aliphatic rings. The molecule has 4 heteroatoms. The van der Waals surface area contributed by atoms with Crippen LogP contribution in [-0.2, 0) is 11.8 Å². The molecule has 1 aromatic rings. The smallest absolute Gasteiger partial charge is 0.0471 e. The highest BCUT2D eigenvalue weighted by molar-refractivity contribution is 9.08. The molecule has 0 aliphatic heterocycles. The lowest BCUT2D eigenvalue weighted by Gasteiger charge is -2.03. The van der Waals surface area contributed by atoms with Crippen LogP contribution in [0.4, 0.5) is 0 Å². The number of hydrogen-bond acceptors (Lipinski definition) is 2. The molecule has 3 radical (unpaired) electrons. The molecular weight excluding hydrogens is 283 g/mol. The number of hydrogen-bond donors (Lipinski definition) is 1. The normalized spacial score (nSPS) is 8.81. The zero-order chi connectivity index (χ0) is 11.7. The van der Waals surface area contributed by atoms with Crippen LogP contribution < -0.4 is 0 Å². The van der Waals surface area contributed by atoms with Crippen molar-refractivity contribution in [3.8, 4) is 0 Å². The maximum absolute atomic E-state index is 8.76. The SMILES string of the molecule is CSC.Cc1cc(CBr)cc(CCO)c1.[B]. The molecule has 0 spiro atoms. The molecule has 0 saturated heterocycles. The Morgan fingerprint density at radius 2 is 1.69 bits per heavy atom. The van der Waals surface area contributed by atoms with Gasteiger partial charge in [-0.05, 0) is 37.0 Å². The summed E-state index contributed by atoms with van der Waals surface area (Å²) in [5.74, 6) is 0. The van der Waals surface area contributed by atoms with E-state index in [9.17, 15) is 0 Å². The van der Waals surface area contributed by atoms with Gasteiger partial charge in [0.1, 0.15) is 0 Å². The Morgan fingerprint density at radius 3 is 2.12 bits per heavy atom. The van der Waals surface area contributed by atoms with Crippen LogP contribution in [0.5, 0.6) is 0 Å². The predicted octanol–water partition coefficient (Wildman–Crippen LogP) is 3.02. The summed E-state index contributed by atoms with van der Waals surface area (Å²) in [6, 6.07) is 6.38. The van der Waals surface area contributed by atoms with Gasteiger partial charge in [0.2, 0.25) is 0 Å². The van der Waals surface area contributed by atoms with Crippen molar-refractivity contribution < 1.29 is 5.11 Å². The maximum atomic E-state index is 8.76. The fourth-order valence-corrected chi connectivity index (χ4v) is 1.62. The lowest BCUT2D eigenvalue weighted by molar-refractivity contribution is 0.299. The summed E-state index contributed by atoms with van der Waals surface area (Å²) in [5.41, 5.74) is 3.75. The molecule has 0 aliphatic carbocycles. The minimum atomic E-state index is 0. The summed E-state index contributed by atoms with van der Waals surface area (Å²) in [5, 5.41) is 9.64. The Bertz CT molecular complexity index is 282. The van der Waals surface area contributed by atoms with Gasteiger partial charge in [-0.15, -0.1) is 0 Å². The van der Waals surface area contributed by atoms with Crippen molar-refractivity contribution in [2.45, 2.75) is 18.7 Å². The summed E-state index contributed by atoms with van der Waals surface area (Å²) in [4.78, 5) is 0. The van der Waals surface area contributed by atoms with Crippen LogP contribution in [0.3, 0.4) is 0 Å². The summed E-state index contributed by atoms with van der Waals surface area (Å²) in [6.45, 7) is 2.30. The third kappa shape index (κ3) is 8.25. The first-order valence-corrected chi connectivity index (χ1v) is 7.59. The van der Waals surface area contributed by atoms with Gasteiger partial charge >= 0.3 is 0 Å². The minimum Gasteiger partial charge on any atom is -0.396 e. The number of thioether (sulfide) groups is 1. The van der Waals surface area contributed by atoms with Gasteiger partial charge in [-0.2, -0.15) is 11.8 Å². The highest BCUT2D eigenvalue weighted by atomic mass is 79.9. The van der Waals surface area contributed by atoms with Gasteiger partial charge in [0, 0.05) is 20.4 Å². The first-order valence-electron chi connectivity index (χ1n) is 4.84. The van der Waals surface area contributed by atoms with Crippen LogP contribution in [0.1, 0.15) is 16.7 Å². The van der Waals surface area contributed by atoms with Gasteiger partial charge in [-0.25, -0.2) is 0 Å². The van der Waals surface area contributed by atoms with Crippen molar-refractivity contribution in [3.63, 3.8) is 0 Å². The van der Waals surface area contributed by atoms with E-state index >= 15 is 0 Å². The summed E-state index contributed by atoms with van der Waals surface area (Å²) in [7, 11) is 0. The van der Waals surface area contributed by atoms with Crippen molar-refractivity contribution in [1.82, 2.24) is 0 Å². The average Bonchev–Trinajstić information content (AvgIpc) is 2.18. The monoisotopic (exact) mass is 301 g/mol. The summed E-state index contributed by atoms with van der Waals surface area (Å²) < 4.78 is 0. The van der Waals surface area contributed by atoms with Crippen molar-refractivity contribution in [2.75, 3.05) is 19.1 Å². The molecular formula is C12H19BBrOS. The van der Waals surface area contributed by atoms with Crippen LogP contribution in [-0.4, -0.2) is 32.6 Å². The highest BCUT2D eigenvalue weighted by Gasteiger charge is 1.96. The van der Waals surface area contributed by atoms with E-state index in [1.54, 1.807) is 11.8 Å². The van der Waals surface area contributed by atoms with Gasteiger partial charge in [0.15, 0.2) is 0 Å². The second-order valence-electron chi connectivity index (χ2n) is 3.34. The molecule has 0 heterocycles. The standard InChI is InChI=1S/C10H13BrO.C2H6S.B/c1-8-4-9(2-3-12)6-10(5-8)7-11;1-3-2;/h4-6,12H,2-3,7H2,1H3;1-2H3;. The van der Waals surface area contributed by atoms with E-state index in [1.165, 1.54) is 16.7 Å². The van der Waals surface area contributed by atoms with Crippen LogP contribution in [0.15, 0.2) is 18.2 Å². The average molecular weight is 302 g/mol. The number of aryl methyl sites for hydroxylation is 1. The van der Waals surface area contributed by atoms with Crippen molar-refractivity contribution in [1.29, 1.82) is 0 Å². The Kier molecular flexibility index (Phi) is 13.3. The van der Waals surface area contributed by atoms with E-state index in [0.29, 0.717) is 0 Å². The number of rotatable bonds is 3. The minimum absolute atomic E-state index is 0. The molecule has 0 aromatic heterocycles. The number of aliphatic hydroxyl groups excluding tert-OH is 1. The molecule has 1 nitrogen and oxygen atoms in total. The van der Waals surface area contributed by atoms with E-state index in [0.717, 1.165) is 11.8 Å². The van der Waals surface area contributed by atoms with Crippen molar-refractivity contribution in [3.05, 3.63) is 34.9 Å². The van der Waals surface area contributed by atoms with Crippen LogP contribution in [0, 0.1) is 6.92 Å². The van der Waals surface area contributed by atoms with Gasteiger partial charge < -0.3 is 5.11 Å². The third-order valence-corrected chi connectivity index (χ3v) is 2.40. The second kappa shape index (κ2) is 11.6. The van der Waals surface area contributed by atoms with Gasteiger partial charge in [0.05, 0.1) is 0 Å². The first kappa shape index (κ1) is 18.4. The van der Waals surface area contributed by atoms with E-state index in [-0.39, 0.29) is 15.0 Å². The third-order valence-electron chi connectivity index (χ3n) is 1.75. The quantitative estimate of drug-likeness (QED) is 0.684. The molecule has 0 bridgehead atoms. The van der Waals surface area contributed by atoms with Crippen molar-refractivity contribution in [2.24, 2.45) is 0 Å². The Morgan fingerprint density at radius 1 is 1.19 bits per heavy atom. The Hall–Kier alpha value is 0.0749. The largest absolute Gasteiger partial charge is 0.396 e. The number of benzene rings is 1. The molecule has 0 fully saturated rings. The lowest BCUT2D eigenvalue weighted by Crippen LogP contribution is -1.92. The van der Waals surface area contributed by atoms with E-state index in [2.05, 4.69) is 41.1 Å². The molecule has 0 unspecified atom stereocenters. The van der Waals surface area contributed by atoms with Crippen LogP contribution in [0.2, 0.25) is 0 Å². The summed E-state index contributed by atoms with van der Waals surface area (Å²) >= 11 is 5.16. The van der Waals surface area contributed by atoms with Crippen molar-refractivity contribution >= 4 is 36.1 Å². The molecule has 0 amide bonds. The van der Waals surface area contributed by atoms with Crippen LogP contribution >= 0.6 is 27.7 Å². The molecule has 16 heavy (non-hydrogen) atoms. The van der Waals surface area contributed by atoms with Gasteiger partial charge in [-0.3, -0.25) is 0 Å². The number of alkyl halides is 1. The zero-order valence-corrected chi connectivity index (χ0v) is 12.6. The molecule has 0 saturated carbocycles. The van der Waals surface area contributed by atoms with E-state index in [1.807, 2.05) is 12.5 Å². The zero-order valence-electron chi connectivity index (χ0n) is 10.2. The second-order valence-corrected chi connectivity index (χ2v) is 4.72. The van der Waals surface area contributed by atoms with Gasteiger partial charge in [0.25, 0.3) is 0 Å². The molecule has 1 rings (SSSR count). The Balaban J connectivity index is 0. The maximum Gasteiger partial charge on any atom is 0.0471 e. The van der Waals surface area contributed by atoms with Gasteiger partial charge in [-0.1, -0.05) is 39.7 Å². The first-order chi connectivity index (χ1) is 7.17. The van der Waals surface area contributed by atoms with E-state index < -0.39 is 0 Å². The fraction of sp³-hybridized carbons (Fsp3) is 0.500. The lowest BCUT2D eigenvalue weighted by atomic mass is 10.1. The fourth-order valence-electron chi connectivity index (χ4n) is 1.30. The Labute approximate surface area is 114 Å². The van der Waals surface area contributed by atoms with E-state index in [4.69, 9.17) is 5.11 Å². The topological polar surface area (TPSA) is 20.2 Å². The number of halogens is 1. The predicted molar refractivity (Wildman–Crippen MR) is 79.8 cm³/mol.